The number of nitrogens with zero attached hydrogens (tertiary/aromatic N) is 1. The van der Waals surface area contributed by atoms with Crippen molar-refractivity contribution in [2.45, 2.75) is 5.92 Å². The zero-order valence-electron chi connectivity index (χ0n) is 6.52. The molecule has 0 aromatic heterocycles. The summed E-state index contributed by atoms with van der Waals surface area (Å²) in [6.45, 7) is 2.89. The Balaban J connectivity index is 2.28. The molecule has 1 heterocycles. The molecule has 1 amide bonds. The van der Waals surface area contributed by atoms with E-state index in [2.05, 4.69) is 6.58 Å². The van der Waals surface area contributed by atoms with Gasteiger partial charge in [0.05, 0.1) is 13.1 Å². The van der Waals surface area contributed by atoms with Crippen LogP contribution in [0.25, 0.3) is 0 Å². The number of halogens is 2. The summed E-state index contributed by atoms with van der Waals surface area (Å²) < 4.78 is 24.5. The summed E-state index contributed by atoms with van der Waals surface area (Å²) in [4.78, 5) is 11.9. The van der Waals surface area contributed by atoms with Gasteiger partial charge >= 0.3 is 0 Å². The Morgan fingerprint density at radius 3 is 2.42 bits per heavy atom. The number of alkyl halides is 2. The summed E-state index contributed by atoms with van der Waals surface area (Å²) in [7, 11) is 0. The van der Waals surface area contributed by atoms with Gasteiger partial charge < -0.3 is 5.73 Å². The summed E-state index contributed by atoms with van der Waals surface area (Å²) in [5.41, 5.74) is 5.05. The third kappa shape index (κ3) is 2.01. The number of hydrogen-bond acceptors (Lipinski definition) is 2. The van der Waals surface area contributed by atoms with Gasteiger partial charge in [-0.15, -0.1) is 0 Å². The lowest BCUT2D eigenvalue weighted by Gasteiger charge is -2.38. The van der Waals surface area contributed by atoms with Crippen molar-refractivity contribution in [1.82, 2.24) is 4.90 Å². The summed E-state index contributed by atoms with van der Waals surface area (Å²) in [5, 5.41) is 0. The SMILES string of the molecule is C=C(CN1CC(F)(F)C1)C(N)=O. The Kier molecular flexibility index (Phi) is 2.14. The van der Waals surface area contributed by atoms with Gasteiger partial charge in [-0.1, -0.05) is 6.58 Å². The number of rotatable bonds is 3. The van der Waals surface area contributed by atoms with Crippen molar-refractivity contribution in [3.05, 3.63) is 12.2 Å². The van der Waals surface area contributed by atoms with Crippen LogP contribution in [-0.2, 0) is 4.79 Å². The summed E-state index contributed by atoms with van der Waals surface area (Å²) in [6, 6.07) is 0. The van der Waals surface area contributed by atoms with Crippen molar-refractivity contribution < 1.29 is 13.6 Å². The van der Waals surface area contributed by atoms with Crippen LogP contribution in [0.4, 0.5) is 8.78 Å². The Bertz CT molecular complexity index is 219. The Morgan fingerprint density at radius 1 is 1.58 bits per heavy atom. The molecule has 68 valence electrons. The average Bonchev–Trinajstić information content (AvgIpc) is 1.83. The molecule has 1 fully saturated rings. The lowest BCUT2D eigenvalue weighted by atomic mass is 10.1. The summed E-state index contributed by atoms with van der Waals surface area (Å²) >= 11 is 0. The second kappa shape index (κ2) is 2.82. The van der Waals surface area contributed by atoms with Crippen molar-refractivity contribution in [1.29, 1.82) is 0 Å². The highest BCUT2D eigenvalue weighted by Gasteiger charge is 2.43. The van der Waals surface area contributed by atoms with E-state index in [1.165, 1.54) is 4.90 Å². The number of hydrogen-bond donors (Lipinski definition) is 1. The molecule has 0 bridgehead atoms. The molecule has 0 radical (unpaired) electrons. The standard InChI is InChI=1S/C7H10F2N2O/c1-5(6(10)12)2-11-3-7(8,9)4-11/h1-4H2,(H2,10,12). The number of nitrogens with two attached hydrogens (primary N) is 1. The minimum atomic E-state index is -2.60. The van der Waals surface area contributed by atoms with Gasteiger partial charge in [-0.05, 0) is 0 Å². The summed E-state index contributed by atoms with van der Waals surface area (Å²) in [5.74, 6) is -3.23. The first-order chi connectivity index (χ1) is 5.41. The maximum Gasteiger partial charge on any atom is 0.272 e. The van der Waals surface area contributed by atoms with E-state index in [0.717, 1.165) is 0 Å². The van der Waals surface area contributed by atoms with Crippen molar-refractivity contribution in [3.63, 3.8) is 0 Å². The van der Waals surface area contributed by atoms with Crippen LogP contribution in [0.1, 0.15) is 0 Å². The first kappa shape index (κ1) is 9.12. The second-order valence-electron chi connectivity index (χ2n) is 2.97. The van der Waals surface area contributed by atoms with Crippen LogP contribution in [0, 0.1) is 0 Å². The van der Waals surface area contributed by atoms with Gasteiger partial charge in [0.25, 0.3) is 5.92 Å². The number of amides is 1. The normalized spacial score (nSPS) is 21.5. The Morgan fingerprint density at radius 2 is 2.08 bits per heavy atom. The number of carbonyl (C=O) groups is 1. The minimum absolute atomic E-state index is 0.144. The third-order valence-electron chi connectivity index (χ3n) is 1.67. The zero-order chi connectivity index (χ0) is 9.35. The van der Waals surface area contributed by atoms with Gasteiger partial charge in [0.1, 0.15) is 0 Å². The molecule has 1 aliphatic heterocycles. The molecule has 0 atom stereocenters. The lowest BCUT2D eigenvalue weighted by Crippen LogP contribution is -2.56. The van der Waals surface area contributed by atoms with Gasteiger partial charge in [0, 0.05) is 12.1 Å². The molecule has 1 saturated heterocycles. The lowest BCUT2D eigenvalue weighted by molar-refractivity contribution is -0.130. The molecule has 1 rings (SSSR count). The fourth-order valence-corrected chi connectivity index (χ4v) is 1.07. The van der Waals surface area contributed by atoms with Crippen LogP contribution < -0.4 is 5.73 Å². The van der Waals surface area contributed by atoms with Gasteiger partial charge in [-0.2, -0.15) is 0 Å². The molecule has 0 aromatic carbocycles. The van der Waals surface area contributed by atoms with Crippen LogP contribution >= 0.6 is 0 Å². The van der Waals surface area contributed by atoms with Gasteiger partial charge in [-0.3, -0.25) is 9.69 Å². The van der Waals surface area contributed by atoms with Crippen molar-refractivity contribution in [3.8, 4) is 0 Å². The van der Waals surface area contributed by atoms with E-state index in [-0.39, 0.29) is 25.2 Å². The van der Waals surface area contributed by atoms with Crippen LogP contribution in [0.3, 0.4) is 0 Å². The highest BCUT2D eigenvalue weighted by molar-refractivity contribution is 5.91. The number of primary amides is 1. The Labute approximate surface area is 68.8 Å². The molecular formula is C7H10F2N2O. The molecule has 1 aliphatic rings. The van der Waals surface area contributed by atoms with E-state index in [9.17, 15) is 13.6 Å². The first-order valence-corrected chi connectivity index (χ1v) is 3.48. The van der Waals surface area contributed by atoms with E-state index in [1.807, 2.05) is 0 Å². The molecule has 0 aliphatic carbocycles. The van der Waals surface area contributed by atoms with Crippen molar-refractivity contribution in [2.75, 3.05) is 19.6 Å². The molecule has 3 nitrogen and oxygen atoms in total. The van der Waals surface area contributed by atoms with Crippen molar-refractivity contribution in [2.24, 2.45) is 5.73 Å². The molecule has 0 saturated carbocycles. The van der Waals surface area contributed by atoms with Gasteiger partial charge in [0.2, 0.25) is 5.91 Å². The quantitative estimate of drug-likeness (QED) is 0.614. The van der Waals surface area contributed by atoms with Crippen molar-refractivity contribution >= 4 is 5.91 Å². The molecular weight excluding hydrogens is 166 g/mol. The van der Waals surface area contributed by atoms with Crippen LogP contribution in [0.2, 0.25) is 0 Å². The van der Waals surface area contributed by atoms with Gasteiger partial charge in [-0.25, -0.2) is 8.78 Å². The smallest absolute Gasteiger partial charge is 0.272 e. The second-order valence-corrected chi connectivity index (χ2v) is 2.97. The maximum atomic E-state index is 12.3. The topological polar surface area (TPSA) is 46.3 Å². The first-order valence-electron chi connectivity index (χ1n) is 3.48. The molecule has 2 N–H and O–H groups in total. The highest BCUT2D eigenvalue weighted by atomic mass is 19.3. The summed E-state index contributed by atoms with van der Waals surface area (Å²) in [6.07, 6.45) is 0. The van der Waals surface area contributed by atoms with E-state index >= 15 is 0 Å². The van der Waals surface area contributed by atoms with E-state index < -0.39 is 11.8 Å². The monoisotopic (exact) mass is 176 g/mol. The van der Waals surface area contributed by atoms with E-state index in [1.54, 1.807) is 0 Å². The molecule has 0 spiro atoms. The molecule has 0 unspecified atom stereocenters. The minimum Gasteiger partial charge on any atom is -0.366 e. The van der Waals surface area contributed by atoms with E-state index in [4.69, 9.17) is 5.73 Å². The van der Waals surface area contributed by atoms with Crippen LogP contribution in [0.5, 0.6) is 0 Å². The Hall–Kier alpha value is -0.970. The third-order valence-corrected chi connectivity index (χ3v) is 1.67. The fourth-order valence-electron chi connectivity index (χ4n) is 1.07. The largest absolute Gasteiger partial charge is 0.366 e. The molecule has 12 heavy (non-hydrogen) atoms. The average molecular weight is 176 g/mol. The van der Waals surface area contributed by atoms with Crippen LogP contribution in [-0.4, -0.2) is 36.4 Å². The fraction of sp³-hybridized carbons (Fsp3) is 0.571. The molecule has 5 heteroatoms. The predicted molar refractivity (Wildman–Crippen MR) is 39.7 cm³/mol. The zero-order valence-corrected chi connectivity index (χ0v) is 6.52. The predicted octanol–water partition coefficient (Wildman–Crippen LogP) is -0.0212. The van der Waals surface area contributed by atoms with Gasteiger partial charge in [0.15, 0.2) is 0 Å². The van der Waals surface area contributed by atoms with Crippen LogP contribution in [0.15, 0.2) is 12.2 Å². The maximum absolute atomic E-state index is 12.3. The number of carbonyl (C=O) groups excluding carboxylic acids is 1. The highest BCUT2D eigenvalue weighted by Crippen LogP contribution is 2.26. The molecule has 0 aromatic rings. The van der Waals surface area contributed by atoms with E-state index in [0.29, 0.717) is 0 Å². The number of likely N-dealkylation sites (tertiary alicyclic amines) is 1.